The zero-order chi connectivity index (χ0) is 84.5. The van der Waals surface area contributed by atoms with E-state index in [0.29, 0.717) is 171 Å². The average molecular weight is 1780 g/mol. The van der Waals surface area contributed by atoms with Crippen LogP contribution in [-0.4, -0.2) is 217 Å². The molecule has 5 fully saturated rings. The fraction of sp³-hybridized carbons (Fsp3) is 0.557. The first kappa shape index (κ1) is 90.6. The average Bonchev–Trinajstić information content (AvgIpc) is 0.803. The maximum Gasteiger partial charge on any atom is 0.414 e. The van der Waals surface area contributed by atoms with Crippen molar-refractivity contribution >= 4 is 144 Å². The fourth-order valence-corrected chi connectivity index (χ4v) is 23.5. The number of cyclic esters (lactones) is 5. The Hall–Kier alpha value is -7.13. The number of nitrogens with zero attached hydrogens (tertiary/aromatic N) is 10. The van der Waals surface area contributed by atoms with Gasteiger partial charge in [-0.15, -0.1) is 0 Å². The summed E-state index contributed by atoms with van der Waals surface area (Å²) in [5.41, 5.74) is 8.81. The van der Waals surface area contributed by atoms with Gasteiger partial charge in [-0.3, -0.25) is 24.5 Å². The third kappa shape index (κ3) is 21.3. The lowest BCUT2D eigenvalue weighted by molar-refractivity contribution is 0.135. The summed E-state index contributed by atoms with van der Waals surface area (Å²) in [5.74, 6) is 0.460. The Morgan fingerprint density at radius 1 is 0.316 bits per heavy atom. The van der Waals surface area contributed by atoms with Crippen molar-refractivity contribution in [1.82, 2.24) is 21.5 Å². The molecule has 117 heavy (non-hydrogen) atoms. The lowest BCUT2D eigenvalue weighted by Crippen LogP contribution is -2.51. The van der Waals surface area contributed by atoms with E-state index in [1.165, 1.54) is 17.2 Å². The number of hydrogen-bond acceptors (Lipinski definition) is 20. The number of hydrogen-bond donors (Lipinski definition) is 0. The van der Waals surface area contributed by atoms with E-state index in [1.807, 2.05) is 80.6 Å². The van der Waals surface area contributed by atoms with Crippen LogP contribution in [0.4, 0.5) is 52.4 Å². The molecule has 0 unspecified atom stereocenters. The molecule has 0 saturated carbocycles. The quantitative estimate of drug-likeness (QED) is 0.0780. The van der Waals surface area contributed by atoms with E-state index in [-0.39, 0.29) is 97.8 Å². The van der Waals surface area contributed by atoms with E-state index in [9.17, 15) is 66.1 Å². The molecule has 0 spiro atoms. The van der Waals surface area contributed by atoms with Crippen LogP contribution >= 0.6 is 34.8 Å². The Morgan fingerprint density at radius 2 is 0.538 bits per heavy atom. The highest BCUT2D eigenvalue weighted by molar-refractivity contribution is 7.90. The number of anilines is 5. The van der Waals surface area contributed by atoms with Crippen molar-refractivity contribution < 1.29 is 89.7 Å². The molecular weight excluding hydrogens is 1680 g/mol. The van der Waals surface area contributed by atoms with Gasteiger partial charge < -0.3 is 23.7 Å². The number of halogens is 3. The standard InChI is InChI=1S/2C16H21ClN2O4S.2C16H22N2O4S.C15H19ClN2O4S/c1-11(2)24(21,22)18-7-5-14(6-8-18)19-15-4-3-13(17)9-12(15)10-23-16(19)20;1-2-9-24(21,22)18-7-5-14(6-8-18)19-15-4-3-13(17)10-12(15)11-23-16(19)20;1-12(2)23(20,21)17-9-7-14(8-10-17)18-15-6-4-3-5-13(15)11-22-16(18)19;1-2-11-23(20,21)17-9-7-14(8-10-17)18-15-6-4-3-5-13(15)12-22-16(18)19;1-2-23(20,21)17-7-5-13(6-8-17)18-14-4-3-12(16)9-11(14)10-22-15(18)19/h3-4,9,11,14H,5-8,10H2,1-2H3;3-4,10,14H,2,5-9,11H2,1H3;3-6,12,14H,7-11H2,1-2H3;3-6,14H,2,7-12H2,1H3;3-4,9,13H,2,5-8,10H2,1H3. The number of ether oxygens (including phenoxy) is 5. The van der Waals surface area contributed by atoms with Gasteiger partial charge in [-0.25, -0.2) is 87.6 Å². The highest BCUT2D eigenvalue weighted by Crippen LogP contribution is 2.40. The number of carbonyl (C=O) groups excluding carboxylic acids is 5. The van der Waals surface area contributed by atoms with E-state index in [1.54, 1.807) is 99.8 Å². The summed E-state index contributed by atoms with van der Waals surface area (Å²) >= 11 is 18.0. The molecule has 0 N–H and O–H groups in total. The minimum absolute atomic E-state index is 0.0166. The first-order valence-electron chi connectivity index (χ1n) is 39.8. The first-order chi connectivity index (χ1) is 55.6. The number of carbonyl (C=O) groups is 5. The van der Waals surface area contributed by atoms with Crippen molar-refractivity contribution in [3.8, 4) is 0 Å². The second-order valence-corrected chi connectivity index (χ2v) is 43.3. The van der Waals surface area contributed by atoms with Crippen LogP contribution in [0.1, 0.15) is 153 Å². The van der Waals surface area contributed by atoms with Gasteiger partial charge >= 0.3 is 30.5 Å². The molecule has 5 amide bonds. The second-order valence-electron chi connectivity index (χ2n) is 30.6. The predicted octanol–water partition coefficient (Wildman–Crippen LogP) is 13.3. The number of amides is 5. The Morgan fingerprint density at radius 3 is 0.778 bits per heavy atom. The molecule has 0 aromatic heterocycles. The van der Waals surface area contributed by atoms with Gasteiger partial charge in [0.25, 0.3) is 0 Å². The zero-order valence-electron chi connectivity index (χ0n) is 66.9. The maximum absolute atomic E-state index is 12.3. The van der Waals surface area contributed by atoms with Gasteiger partial charge in [0.1, 0.15) is 33.0 Å². The fourth-order valence-electron chi connectivity index (χ4n) is 16.1. The highest BCUT2D eigenvalue weighted by atomic mass is 35.5. The first-order valence-corrected chi connectivity index (χ1v) is 48.8. The summed E-state index contributed by atoms with van der Waals surface area (Å²) in [6.07, 6.45) is 5.48. The SMILES string of the molecule is CC(C)S(=O)(=O)N1CCC(N2C(=O)OCc3cc(Cl)ccc32)CC1.CC(C)S(=O)(=O)N1CCC(N2C(=O)OCc3ccccc32)CC1.CCCS(=O)(=O)N1CCC(N2C(=O)OCc3cc(Cl)ccc32)CC1.CCCS(=O)(=O)N1CCC(N2C(=O)OCc3ccccc32)CC1.CCS(=O)(=O)N1CCC(N2C(=O)OCc3cc(Cl)ccc32)CC1. The molecule has 0 atom stereocenters. The van der Waals surface area contributed by atoms with E-state index in [2.05, 4.69) is 0 Å². The van der Waals surface area contributed by atoms with E-state index in [0.717, 1.165) is 56.3 Å². The molecule has 642 valence electrons. The lowest BCUT2D eigenvalue weighted by Gasteiger charge is -2.40. The van der Waals surface area contributed by atoms with Crippen molar-refractivity contribution in [3.63, 3.8) is 0 Å². The number of para-hydroxylation sites is 2. The molecule has 15 rings (SSSR count). The molecule has 10 aliphatic rings. The molecule has 10 aliphatic heterocycles. The third-order valence-corrected chi connectivity index (χ3v) is 33.8. The normalized spacial score (nSPS) is 20.2. The Bertz CT molecular complexity index is 5000. The number of sulfonamides is 5. The highest BCUT2D eigenvalue weighted by Gasteiger charge is 2.43. The molecule has 30 nitrogen and oxygen atoms in total. The predicted molar refractivity (Wildman–Crippen MR) is 449 cm³/mol. The van der Waals surface area contributed by atoms with E-state index >= 15 is 0 Å². The van der Waals surface area contributed by atoms with Crippen molar-refractivity contribution in [2.75, 3.05) is 107 Å². The summed E-state index contributed by atoms with van der Waals surface area (Å²) < 4.78 is 155. The van der Waals surface area contributed by atoms with Crippen molar-refractivity contribution in [2.45, 2.75) is 199 Å². The minimum Gasteiger partial charge on any atom is -0.444 e. The molecule has 0 aliphatic carbocycles. The summed E-state index contributed by atoms with van der Waals surface area (Å²) in [6.45, 7) is 17.7. The van der Waals surface area contributed by atoms with Gasteiger partial charge in [0.05, 0.1) is 56.2 Å². The number of fused-ring (bicyclic) bond motifs is 5. The second kappa shape index (κ2) is 39.2. The van der Waals surface area contributed by atoms with Crippen LogP contribution in [-0.2, 0) is 107 Å². The smallest absolute Gasteiger partial charge is 0.414 e. The summed E-state index contributed by atoms with van der Waals surface area (Å²) in [4.78, 5) is 69.5. The largest absolute Gasteiger partial charge is 0.444 e. The van der Waals surface area contributed by atoms with Crippen LogP contribution in [0.2, 0.25) is 15.1 Å². The van der Waals surface area contributed by atoms with Crippen LogP contribution < -0.4 is 24.5 Å². The molecule has 0 bridgehead atoms. The molecule has 38 heteroatoms. The summed E-state index contributed by atoms with van der Waals surface area (Å²) in [7, 11) is -16.0. The molecule has 5 saturated heterocycles. The van der Waals surface area contributed by atoms with Gasteiger partial charge in [-0.1, -0.05) is 85.0 Å². The van der Waals surface area contributed by atoms with Crippen LogP contribution in [0, 0.1) is 0 Å². The van der Waals surface area contributed by atoms with Gasteiger partial charge in [-0.2, -0.15) is 0 Å². The van der Waals surface area contributed by atoms with Crippen molar-refractivity contribution in [2.24, 2.45) is 0 Å². The molecule has 0 radical (unpaired) electrons. The minimum atomic E-state index is -3.25. The molecule has 10 heterocycles. The lowest BCUT2D eigenvalue weighted by atomic mass is 10.0. The molecule has 5 aromatic rings. The number of rotatable bonds is 17. The van der Waals surface area contributed by atoms with E-state index in [4.69, 9.17) is 58.5 Å². The number of piperidine rings is 5. The Balaban J connectivity index is 0.000000144. The van der Waals surface area contributed by atoms with Gasteiger partial charge in [0.15, 0.2) is 0 Å². The van der Waals surface area contributed by atoms with Crippen LogP contribution in [0.25, 0.3) is 0 Å². The molecular formula is C79H105Cl3N10O20S5. The summed E-state index contributed by atoms with van der Waals surface area (Å²) in [5, 5.41) is 0.957. The Labute approximate surface area is 702 Å². The number of benzene rings is 5. The van der Waals surface area contributed by atoms with Gasteiger partial charge in [0, 0.05) is 139 Å². The van der Waals surface area contributed by atoms with Crippen molar-refractivity contribution in [3.05, 3.63) is 146 Å². The van der Waals surface area contributed by atoms with Gasteiger partial charge in [-0.05, 0) is 178 Å². The van der Waals surface area contributed by atoms with Gasteiger partial charge in [0.2, 0.25) is 50.1 Å². The van der Waals surface area contributed by atoms with Crippen LogP contribution in [0.3, 0.4) is 0 Å². The Kier molecular flexibility index (Phi) is 30.3. The molecule has 5 aromatic carbocycles. The van der Waals surface area contributed by atoms with Crippen molar-refractivity contribution in [1.29, 1.82) is 0 Å². The zero-order valence-corrected chi connectivity index (χ0v) is 73.2. The third-order valence-electron chi connectivity index (χ3n) is 22.5. The topological polar surface area (TPSA) is 335 Å². The monoisotopic (exact) mass is 1780 g/mol. The van der Waals surface area contributed by atoms with Crippen LogP contribution in [0.15, 0.2) is 103 Å². The van der Waals surface area contributed by atoms with Crippen LogP contribution in [0.5, 0.6) is 0 Å². The van der Waals surface area contributed by atoms with E-state index < -0.39 is 60.6 Å². The summed E-state index contributed by atoms with van der Waals surface area (Å²) in [6, 6.07) is 31.3. The maximum atomic E-state index is 12.3.